The van der Waals surface area contributed by atoms with Crippen LogP contribution in [0.5, 0.6) is 0 Å². The van der Waals surface area contributed by atoms with Crippen LogP contribution < -0.4 is 5.73 Å². The van der Waals surface area contributed by atoms with E-state index >= 15 is 0 Å². The van der Waals surface area contributed by atoms with Gasteiger partial charge < -0.3 is 5.73 Å². The van der Waals surface area contributed by atoms with Crippen LogP contribution in [-0.4, -0.2) is 0 Å². The Balaban J connectivity index is 2.28. The SMILES string of the molecule is CCCc1ccc(-c2ccc(CN)c(Cl)c2)cc1. The lowest BCUT2D eigenvalue weighted by Gasteiger charge is -2.07. The summed E-state index contributed by atoms with van der Waals surface area (Å²) in [5, 5.41) is 0.743. The molecule has 2 N–H and O–H groups in total. The van der Waals surface area contributed by atoms with Crippen LogP contribution in [0.25, 0.3) is 11.1 Å². The van der Waals surface area contributed by atoms with E-state index in [-0.39, 0.29) is 0 Å². The first-order valence-corrected chi connectivity index (χ1v) is 6.70. The molecule has 2 aromatic carbocycles. The lowest BCUT2D eigenvalue weighted by Crippen LogP contribution is -1.96. The van der Waals surface area contributed by atoms with Crippen LogP contribution in [0, 0.1) is 0 Å². The highest BCUT2D eigenvalue weighted by molar-refractivity contribution is 6.31. The molecule has 0 saturated heterocycles. The van der Waals surface area contributed by atoms with E-state index in [0.29, 0.717) is 6.54 Å². The van der Waals surface area contributed by atoms with Crippen molar-refractivity contribution in [2.75, 3.05) is 0 Å². The van der Waals surface area contributed by atoms with Crippen LogP contribution in [-0.2, 0) is 13.0 Å². The largest absolute Gasteiger partial charge is 0.326 e. The van der Waals surface area contributed by atoms with Crippen LogP contribution in [0.15, 0.2) is 42.5 Å². The Labute approximate surface area is 114 Å². The second kappa shape index (κ2) is 6.03. The van der Waals surface area contributed by atoms with E-state index in [1.807, 2.05) is 12.1 Å². The van der Waals surface area contributed by atoms with E-state index in [4.69, 9.17) is 17.3 Å². The molecule has 18 heavy (non-hydrogen) atoms. The lowest BCUT2D eigenvalue weighted by molar-refractivity contribution is 0.922. The summed E-state index contributed by atoms with van der Waals surface area (Å²) in [5.41, 5.74) is 10.3. The van der Waals surface area contributed by atoms with Crippen molar-refractivity contribution in [1.29, 1.82) is 0 Å². The summed E-state index contributed by atoms with van der Waals surface area (Å²) in [5.74, 6) is 0. The fraction of sp³-hybridized carbons (Fsp3) is 0.250. The fourth-order valence-corrected chi connectivity index (χ4v) is 2.30. The zero-order valence-corrected chi connectivity index (χ0v) is 11.4. The molecule has 0 spiro atoms. The molecule has 0 atom stereocenters. The molecule has 0 amide bonds. The third-order valence-corrected chi connectivity index (χ3v) is 3.45. The van der Waals surface area contributed by atoms with Gasteiger partial charge in [0.15, 0.2) is 0 Å². The zero-order chi connectivity index (χ0) is 13.0. The Morgan fingerprint density at radius 3 is 2.22 bits per heavy atom. The van der Waals surface area contributed by atoms with Crippen molar-refractivity contribution in [2.45, 2.75) is 26.3 Å². The van der Waals surface area contributed by atoms with Gasteiger partial charge in [0.1, 0.15) is 0 Å². The molecule has 0 radical (unpaired) electrons. The average Bonchev–Trinajstić information content (AvgIpc) is 2.40. The standard InChI is InChI=1S/C16H18ClN/c1-2-3-12-4-6-13(7-5-12)14-8-9-15(11-18)16(17)10-14/h4-10H,2-3,11,18H2,1H3. The highest BCUT2D eigenvalue weighted by atomic mass is 35.5. The van der Waals surface area contributed by atoms with E-state index in [1.165, 1.54) is 17.5 Å². The molecular weight excluding hydrogens is 242 g/mol. The van der Waals surface area contributed by atoms with Crippen molar-refractivity contribution >= 4 is 11.6 Å². The second-order valence-corrected chi connectivity index (χ2v) is 4.86. The van der Waals surface area contributed by atoms with Gasteiger partial charge in [0.05, 0.1) is 0 Å². The van der Waals surface area contributed by atoms with Gasteiger partial charge in [-0.05, 0) is 34.7 Å². The molecule has 94 valence electrons. The zero-order valence-electron chi connectivity index (χ0n) is 10.6. The van der Waals surface area contributed by atoms with Gasteiger partial charge >= 0.3 is 0 Å². The van der Waals surface area contributed by atoms with Crippen LogP contribution in [0.2, 0.25) is 5.02 Å². The van der Waals surface area contributed by atoms with Gasteiger partial charge in [-0.25, -0.2) is 0 Å². The van der Waals surface area contributed by atoms with Crippen molar-refractivity contribution in [2.24, 2.45) is 5.73 Å². The van der Waals surface area contributed by atoms with Crippen molar-refractivity contribution in [3.63, 3.8) is 0 Å². The van der Waals surface area contributed by atoms with Gasteiger partial charge in [-0.15, -0.1) is 0 Å². The molecule has 0 bridgehead atoms. The summed E-state index contributed by atoms with van der Waals surface area (Å²) in [6, 6.07) is 14.7. The number of rotatable bonds is 4. The molecule has 0 aromatic heterocycles. The van der Waals surface area contributed by atoms with Crippen molar-refractivity contribution in [1.82, 2.24) is 0 Å². The molecule has 0 unspecified atom stereocenters. The Kier molecular flexibility index (Phi) is 4.40. The maximum absolute atomic E-state index is 6.18. The Hall–Kier alpha value is -1.31. The van der Waals surface area contributed by atoms with Gasteiger partial charge in [-0.3, -0.25) is 0 Å². The lowest BCUT2D eigenvalue weighted by atomic mass is 10.0. The normalized spacial score (nSPS) is 10.6. The van der Waals surface area contributed by atoms with Gasteiger partial charge in [0.2, 0.25) is 0 Å². The monoisotopic (exact) mass is 259 g/mol. The van der Waals surface area contributed by atoms with E-state index in [1.54, 1.807) is 0 Å². The first-order chi connectivity index (χ1) is 8.74. The van der Waals surface area contributed by atoms with E-state index in [2.05, 4.69) is 37.3 Å². The van der Waals surface area contributed by atoms with Crippen LogP contribution >= 0.6 is 11.6 Å². The molecule has 0 aliphatic carbocycles. The number of halogens is 1. The molecule has 1 nitrogen and oxygen atoms in total. The smallest absolute Gasteiger partial charge is 0.0457 e. The summed E-state index contributed by atoms with van der Waals surface area (Å²) in [6.45, 7) is 2.67. The maximum atomic E-state index is 6.18. The van der Waals surface area contributed by atoms with Crippen molar-refractivity contribution in [3.05, 3.63) is 58.6 Å². The molecule has 0 saturated carbocycles. The third kappa shape index (κ3) is 2.92. The summed E-state index contributed by atoms with van der Waals surface area (Å²) in [4.78, 5) is 0. The fourth-order valence-electron chi connectivity index (χ4n) is 2.04. The molecule has 0 fully saturated rings. The highest BCUT2D eigenvalue weighted by Gasteiger charge is 2.02. The van der Waals surface area contributed by atoms with Crippen molar-refractivity contribution in [3.8, 4) is 11.1 Å². The van der Waals surface area contributed by atoms with E-state index < -0.39 is 0 Å². The number of benzene rings is 2. The molecule has 0 aliphatic heterocycles. The molecule has 2 heteroatoms. The molecular formula is C16H18ClN. The van der Waals surface area contributed by atoms with Crippen LogP contribution in [0.1, 0.15) is 24.5 Å². The maximum Gasteiger partial charge on any atom is 0.0457 e. The number of hydrogen-bond donors (Lipinski definition) is 1. The molecule has 2 aromatic rings. The highest BCUT2D eigenvalue weighted by Crippen LogP contribution is 2.26. The number of hydrogen-bond acceptors (Lipinski definition) is 1. The minimum Gasteiger partial charge on any atom is -0.326 e. The summed E-state index contributed by atoms with van der Waals surface area (Å²) < 4.78 is 0. The van der Waals surface area contributed by atoms with Gasteiger partial charge in [-0.2, -0.15) is 0 Å². The van der Waals surface area contributed by atoms with Gasteiger partial charge in [0.25, 0.3) is 0 Å². The third-order valence-electron chi connectivity index (χ3n) is 3.10. The first-order valence-electron chi connectivity index (χ1n) is 6.32. The summed E-state index contributed by atoms with van der Waals surface area (Å²) >= 11 is 6.18. The molecule has 0 heterocycles. The number of aryl methyl sites for hydroxylation is 1. The minimum atomic E-state index is 0.481. The second-order valence-electron chi connectivity index (χ2n) is 4.46. The average molecular weight is 260 g/mol. The Morgan fingerprint density at radius 1 is 1.00 bits per heavy atom. The topological polar surface area (TPSA) is 26.0 Å². The molecule has 2 rings (SSSR count). The van der Waals surface area contributed by atoms with Crippen molar-refractivity contribution < 1.29 is 0 Å². The van der Waals surface area contributed by atoms with E-state index in [9.17, 15) is 0 Å². The Morgan fingerprint density at radius 2 is 1.67 bits per heavy atom. The predicted octanol–water partition coefficient (Wildman–Crippen LogP) is 4.42. The predicted molar refractivity (Wildman–Crippen MR) is 78.8 cm³/mol. The summed E-state index contributed by atoms with van der Waals surface area (Å²) in [6.07, 6.45) is 2.31. The summed E-state index contributed by atoms with van der Waals surface area (Å²) in [7, 11) is 0. The number of nitrogens with two attached hydrogens (primary N) is 1. The van der Waals surface area contributed by atoms with Crippen LogP contribution in [0.3, 0.4) is 0 Å². The quantitative estimate of drug-likeness (QED) is 0.864. The molecule has 0 aliphatic rings. The van der Waals surface area contributed by atoms with Crippen LogP contribution in [0.4, 0.5) is 0 Å². The minimum absolute atomic E-state index is 0.481. The Bertz CT molecular complexity index is 517. The van der Waals surface area contributed by atoms with Gasteiger partial charge in [-0.1, -0.05) is 61.3 Å². The van der Waals surface area contributed by atoms with Gasteiger partial charge in [0, 0.05) is 11.6 Å². The first kappa shape index (κ1) is 13.1. The van der Waals surface area contributed by atoms with E-state index in [0.717, 1.165) is 22.6 Å².